The molecule has 0 heterocycles. The zero-order valence-electron chi connectivity index (χ0n) is 6.31. The van der Waals surface area contributed by atoms with Gasteiger partial charge in [0.2, 0.25) is 0 Å². The summed E-state index contributed by atoms with van der Waals surface area (Å²) >= 11 is 0. The van der Waals surface area contributed by atoms with Gasteiger partial charge in [-0.1, -0.05) is 0 Å². The van der Waals surface area contributed by atoms with Crippen molar-refractivity contribution in [2.24, 2.45) is 5.73 Å². The lowest BCUT2D eigenvalue weighted by Crippen LogP contribution is -2.40. The van der Waals surface area contributed by atoms with Crippen LogP contribution in [-0.4, -0.2) is 11.8 Å². The molecule has 2 N–H and O–H groups in total. The van der Waals surface area contributed by atoms with Gasteiger partial charge in [0.15, 0.2) is 0 Å². The second kappa shape index (κ2) is 2.21. The van der Waals surface area contributed by atoms with Gasteiger partial charge in [-0.25, -0.2) is 0 Å². The molecule has 10 heavy (non-hydrogen) atoms. The third-order valence-electron chi connectivity index (χ3n) is 2.38. The van der Waals surface area contributed by atoms with Crippen LogP contribution < -0.4 is 5.73 Å². The lowest BCUT2D eigenvalue weighted by Gasteiger charge is -2.23. The Morgan fingerprint density at radius 3 is 2.30 bits per heavy atom. The average Bonchev–Trinajstić information content (AvgIpc) is 2.56. The summed E-state index contributed by atoms with van der Waals surface area (Å²) in [5.74, 6) is 0. The van der Waals surface area contributed by atoms with Gasteiger partial charge in [0.1, 0.15) is 5.72 Å². The second-order valence-corrected chi connectivity index (χ2v) is 3.59. The van der Waals surface area contributed by atoms with E-state index in [0.717, 1.165) is 12.8 Å². The molecule has 2 saturated carbocycles. The Labute approximate surface area is 61.7 Å². The van der Waals surface area contributed by atoms with E-state index in [1.54, 1.807) is 0 Å². The van der Waals surface area contributed by atoms with E-state index in [0.29, 0.717) is 6.10 Å². The number of hydrogen-bond acceptors (Lipinski definition) is 2. The monoisotopic (exact) mass is 141 g/mol. The molecule has 0 saturated heterocycles. The highest BCUT2D eigenvalue weighted by atomic mass is 16.5. The minimum Gasteiger partial charge on any atom is -0.358 e. The fraction of sp³-hybridized carbons (Fsp3) is 1.00. The highest BCUT2D eigenvalue weighted by Gasteiger charge is 2.36. The van der Waals surface area contributed by atoms with Crippen molar-refractivity contribution in [2.45, 2.75) is 50.4 Å². The summed E-state index contributed by atoms with van der Waals surface area (Å²) < 4.78 is 5.69. The Morgan fingerprint density at radius 2 is 1.80 bits per heavy atom. The largest absolute Gasteiger partial charge is 0.358 e. The van der Waals surface area contributed by atoms with Gasteiger partial charge < -0.3 is 10.5 Å². The summed E-state index contributed by atoms with van der Waals surface area (Å²) in [6.07, 6.45) is 7.64. The molecule has 0 radical (unpaired) electrons. The molecule has 2 fully saturated rings. The van der Waals surface area contributed by atoms with Crippen molar-refractivity contribution in [3.63, 3.8) is 0 Å². The maximum atomic E-state index is 5.98. The van der Waals surface area contributed by atoms with Gasteiger partial charge in [-0.2, -0.15) is 0 Å². The van der Waals surface area contributed by atoms with Crippen LogP contribution in [-0.2, 0) is 4.74 Å². The molecule has 0 bridgehead atoms. The van der Waals surface area contributed by atoms with Gasteiger partial charge in [0, 0.05) is 0 Å². The van der Waals surface area contributed by atoms with Crippen LogP contribution in [0.2, 0.25) is 0 Å². The van der Waals surface area contributed by atoms with Crippen LogP contribution in [0.15, 0.2) is 0 Å². The molecular formula is C8H15NO. The van der Waals surface area contributed by atoms with Gasteiger partial charge in [0.05, 0.1) is 6.10 Å². The first-order chi connectivity index (χ1) is 4.79. The molecule has 2 aliphatic carbocycles. The molecular weight excluding hydrogens is 126 g/mol. The summed E-state index contributed by atoms with van der Waals surface area (Å²) in [5.41, 5.74) is 5.76. The SMILES string of the molecule is NC1(OC2CC2)CCCC1. The first kappa shape index (κ1) is 6.62. The third kappa shape index (κ3) is 1.32. The Bertz CT molecular complexity index is 125. The van der Waals surface area contributed by atoms with E-state index >= 15 is 0 Å². The van der Waals surface area contributed by atoms with Crippen molar-refractivity contribution in [1.82, 2.24) is 0 Å². The lowest BCUT2D eigenvalue weighted by atomic mass is 10.2. The maximum absolute atomic E-state index is 5.98. The fourth-order valence-corrected chi connectivity index (χ4v) is 1.61. The van der Waals surface area contributed by atoms with E-state index in [1.165, 1.54) is 25.7 Å². The number of rotatable bonds is 2. The van der Waals surface area contributed by atoms with Gasteiger partial charge in [0.25, 0.3) is 0 Å². The minimum atomic E-state index is -0.221. The molecule has 0 atom stereocenters. The number of hydrogen-bond donors (Lipinski definition) is 1. The van der Waals surface area contributed by atoms with Crippen LogP contribution in [0.5, 0.6) is 0 Å². The molecule has 0 aromatic heterocycles. The van der Waals surface area contributed by atoms with Crippen molar-refractivity contribution in [2.75, 3.05) is 0 Å². The maximum Gasteiger partial charge on any atom is 0.117 e. The molecule has 0 aromatic rings. The summed E-state index contributed by atoms with van der Waals surface area (Å²) in [4.78, 5) is 0. The Balaban J connectivity index is 1.86. The molecule has 0 unspecified atom stereocenters. The second-order valence-electron chi connectivity index (χ2n) is 3.59. The van der Waals surface area contributed by atoms with Gasteiger partial charge in [-0.05, 0) is 38.5 Å². The molecule has 0 aliphatic heterocycles. The Hall–Kier alpha value is -0.0800. The Kier molecular flexibility index (Phi) is 1.46. The minimum absolute atomic E-state index is 0.221. The Morgan fingerprint density at radius 1 is 1.20 bits per heavy atom. The number of ether oxygens (including phenoxy) is 1. The van der Waals surface area contributed by atoms with Crippen molar-refractivity contribution >= 4 is 0 Å². The molecule has 2 rings (SSSR count). The highest BCUT2D eigenvalue weighted by molar-refractivity contribution is 4.85. The van der Waals surface area contributed by atoms with E-state index in [1.807, 2.05) is 0 Å². The average molecular weight is 141 g/mol. The van der Waals surface area contributed by atoms with Gasteiger partial charge >= 0.3 is 0 Å². The molecule has 2 aliphatic rings. The third-order valence-corrected chi connectivity index (χ3v) is 2.38. The van der Waals surface area contributed by atoms with Crippen LogP contribution in [0.1, 0.15) is 38.5 Å². The molecule has 0 amide bonds. The summed E-state index contributed by atoms with van der Waals surface area (Å²) in [5, 5.41) is 0. The predicted octanol–water partition coefficient (Wildman–Crippen LogP) is 1.39. The highest BCUT2D eigenvalue weighted by Crippen LogP contribution is 2.35. The zero-order valence-corrected chi connectivity index (χ0v) is 6.31. The van der Waals surface area contributed by atoms with Crippen molar-refractivity contribution in [3.05, 3.63) is 0 Å². The van der Waals surface area contributed by atoms with E-state index < -0.39 is 0 Å². The summed E-state index contributed by atoms with van der Waals surface area (Å²) in [6, 6.07) is 0. The molecule has 0 aromatic carbocycles. The number of nitrogens with two attached hydrogens (primary N) is 1. The molecule has 0 spiro atoms. The quantitative estimate of drug-likeness (QED) is 0.590. The predicted molar refractivity (Wildman–Crippen MR) is 39.5 cm³/mol. The topological polar surface area (TPSA) is 35.2 Å². The first-order valence-corrected chi connectivity index (χ1v) is 4.25. The lowest BCUT2D eigenvalue weighted by molar-refractivity contribution is -0.0472. The van der Waals surface area contributed by atoms with Gasteiger partial charge in [-0.3, -0.25) is 0 Å². The van der Waals surface area contributed by atoms with Crippen LogP contribution >= 0.6 is 0 Å². The summed E-state index contributed by atoms with van der Waals surface area (Å²) in [6.45, 7) is 0. The molecule has 2 heteroatoms. The van der Waals surface area contributed by atoms with Crippen molar-refractivity contribution < 1.29 is 4.74 Å². The van der Waals surface area contributed by atoms with E-state index in [2.05, 4.69) is 0 Å². The smallest absolute Gasteiger partial charge is 0.117 e. The van der Waals surface area contributed by atoms with Crippen molar-refractivity contribution in [3.8, 4) is 0 Å². The fourth-order valence-electron chi connectivity index (χ4n) is 1.61. The molecule has 2 nitrogen and oxygen atoms in total. The van der Waals surface area contributed by atoms with Crippen LogP contribution in [0.4, 0.5) is 0 Å². The standard InChI is InChI=1S/C8H15NO/c9-8(5-1-2-6-8)10-7-3-4-7/h7H,1-6,9H2. The van der Waals surface area contributed by atoms with Crippen LogP contribution in [0.25, 0.3) is 0 Å². The molecule has 58 valence electrons. The summed E-state index contributed by atoms with van der Waals surface area (Å²) in [7, 11) is 0. The van der Waals surface area contributed by atoms with Crippen LogP contribution in [0, 0.1) is 0 Å². The van der Waals surface area contributed by atoms with E-state index in [9.17, 15) is 0 Å². The van der Waals surface area contributed by atoms with E-state index in [4.69, 9.17) is 10.5 Å². The first-order valence-electron chi connectivity index (χ1n) is 4.25. The van der Waals surface area contributed by atoms with Crippen LogP contribution in [0.3, 0.4) is 0 Å². The van der Waals surface area contributed by atoms with E-state index in [-0.39, 0.29) is 5.72 Å². The van der Waals surface area contributed by atoms with Gasteiger partial charge in [-0.15, -0.1) is 0 Å². The normalized spacial score (nSPS) is 30.9. The zero-order chi connectivity index (χ0) is 7.03. The van der Waals surface area contributed by atoms with Crippen molar-refractivity contribution in [1.29, 1.82) is 0 Å².